The fourth-order valence-electron chi connectivity index (χ4n) is 6.24. The Morgan fingerprint density at radius 1 is 0.679 bits per heavy atom. The monoisotopic (exact) mass is 816 g/mol. The molecule has 0 amide bonds. The highest BCUT2D eigenvalue weighted by atomic mass is 16.7. The Hall–Kier alpha value is -1.66. The minimum atomic E-state index is -1.66. The van der Waals surface area contributed by atoms with Crippen molar-refractivity contribution in [2.75, 3.05) is 19.8 Å². The lowest BCUT2D eigenvalue weighted by molar-refractivity contribution is -0.323. The fraction of sp³-hybridized carbons (Fsp3) is 0.946. The second-order valence-corrected chi connectivity index (χ2v) is 15.2. The molecule has 330 valence electrons. The summed E-state index contributed by atoms with van der Waals surface area (Å²) in [5.74, 6) is -2.09. The minimum absolute atomic E-state index is 0.0397. The van der Waals surface area contributed by atoms with Crippen LogP contribution in [0.2, 0.25) is 0 Å². The molecule has 0 unspecified atom stereocenters. The molecule has 2 rings (SSSR count). The number of aliphatic hydroxyl groups is 10. The van der Waals surface area contributed by atoms with Gasteiger partial charge < -0.3 is 84.2 Å². The zero-order valence-corrected chi connectivity index (χ0v) is 33.5. The number of hydrogen-bond donors (Lipinski definition) is 10. The van der Waals surface area contributed by atoms with Crippen molar-refractivity contribution in [1.29, 1.82) is 0 Å². The predicted molar refractivity (Wildman–Crippen MR) is 193 cm³/mol. The molecule has 0 aromatic heterocycles. The maximum Gasteiger partial charge on any atom is 0.308 e. The van der Waals surface area contributed by atoms with Gasteiger partial charge in [0, 0.05) is 12.8 Å². The van der Waals surface area contributed by atoms with Gasteiger partial charge in [0.1, 0.15) is 61.5 Å². The first-order chi connectivity index (χ1) is 26.3. The van der Waals surface area contributed by atoms with Gasteiger partial charge >= 0.3 is 11.9 Å². The third-order valence-electron chi connectivity index (χ3n) is 10.6. The summed E-state index contributed by atoms with van der Waals surface area (Å²) >= 11 is 0. The van der Waals surface area contributed by atoms with Crippen LogP contribution in [0, 0.1) is 11.8 Å². The first kappa shape index (κ1) is 50.5. The van der Waals surface area contributed by atoms with Gasteiger partial charge in [0.15, 0.2) is 12.6 Å². The Balaban J connectivity index is 1.88. The van der Waals surface area contributed by atoms with E-state index in [0.717, 1.165) is 0 Å². The Kier molecular flexibility index (Phi) is 22.0. The van der Waals surface area contributed by atoms with Gasteiger partial charge in [0.25, 0.3) is 0 Å². The molecule has 2 saturated heterocycles. The summed E-state index contributed by atoms with van der Waals surface area (Å²) in [6.45, 7) is 10.0. The molecule has 0 saturated carbocycles. The molecular weight excluding hydrogens is 748 g/mol. The molecule has 2 aliphatic heterocycles. The smallest absolute Gasteiger partial charge is 0.308 e. The molecule has 2 heterocycles. The van der Waals surface area contributed by atoms with Crippen LogP contribution >= 0.6 is 0 Å². The number of ether oxygens (including phenoxy) is 7. The lowest BCUT2D eigenvalue weighted by Crippen LogP contribution is -2.60. The SMILES string of the molecule is CC[C@H](C)[C@H](C[C@H](O)CC(=O)OC[C@H](O)[C@H](CO)O[C@@H]1O[C@@H](C)[C@H](O[C@H](C)[C@@H](C)O)[C@@H](O)[C@H]1O)OC(=O)C[C@@H](O)C[C@H](O[C@@H]1O[C@@H](CO)[C@H](O)[C@H]1O)[C@@H](C)CC. The summed E-state index contributed by atoms with van der Waals surface area (Å²) in [7, 11) is 0. The third kappa shape index (κ3) is 15.2. The summed E-state index contributed by atoms with van der Waals surface area (Å²) in [6, 6.07) is 0. The number of esters is 2. The summed E-state index contributed by atoms with van der Waals surface area (Å²) in [5.41, 5.74) is 0. The van der Waals surface area contributed by atoms with Crippen LogP contribution in [0.3, 0.4) is 0 Å². The largest absolute Gasteiger partial charge is 0.463 e. The van der Waals surface area contributed by atoms with Crippen molar-refractivity contribution < 1.29 is 93.8 Å². The van der Waals surface area contributed by atoms with E-state index in [1.807, 2.05) is 20.8 Å². The number of rotatable bonds is 25. The van der Waals surface area contributed by atoms with E-state index in [1.165, 1.54) is 6.92 Å². The molecule has 10 N–H and O–H groups in total. The molecule has 0 bridgehead atoms. The molecule has 2 fully saturated rings. The molecule has 56 heavy (non-hydrogen) atoms. The van der Waals surface area contributed by atoms with Crippen LogP contribution in [0.5, 0.6) is 0 Å². The third-order valence-corrected chi connectivity index (χ3v) is 10.6. The van der Waals surface area contributed by atoms with Crippen LogP contribution in [0.15, 0.2) is 0 Å². The second kappa shape index (κ2) is 24.4. The Labute approximate surface area is 328 Å². The number of carbonyl (C=O) groups is 2. The maximum absolute atomic E-state index is 12.9. The Morgan fingerprint density at radius 2 is 1.20 bits per heavy atom. The molecule has 19 nitrogen and oxygen atoms in total. The Bertz CT molecular complexity index is 1130. The molecule has 19 heteroatoms. The van der Waals surface area contributed by atoms with Crippen molar-refractivity contribution in [3.05, 3.63) is 0 Å². The van der Waals surface area contributed by atoms with Crippen molar-refractivity contribution in [1.82, 2.24) is 0 Å². The molecule has 0 aromatic rings. The average molecular weight is 817 g/mol. The zero-order valence-electron chi connectivity index (χ0n) is 33.5. The quantitative estimate of drug-likeness (QED) is 0.0446. The summed E-state index contributed by atoms with van der Waals surface area (Å²) in [4.78, 5) is 25.6. The number of aliphatic hydroxyl groups excluding tert-OH is 10. The highest BCUT2D eigenvalue weighted by Crippen LogP contribution is 2.29. The van der Waals surface area contributed by atoms with Crippen LogP contribution in [-0.4, -0.2) is 187 Å². The molecule has 0 spiro atoms. The van der Waals surface area contributed by atoms with Crippen molar-refractivity contribution in [3.63, 3.8) is 0 Å². The van der Waals surface area contributed by atoms with E-state index >= 15 is 0 Å². The van der Waals surface area contributed by atoms with Gasteiger partial charge in [-0.05, 0) is 32.6 Å². The van der Waals surface area contributed by atoms with Crippen molar-refractivity contribution >= 4 is 11.9 Å². The van der Waals surface area contributed by atoms with Gasteiger partial charge in [-0.15, -0.1) is 0 Å². The van der Waals surface area contributed by atoms with E-state index in [9.17, 15) is 60.7 Å². The van der Waals surface area contributed by atoms with E-state index in [0.29, 0.717) is 12.8 Å². The first-order valence-electron chi connectivity index (χ1n) is 19.6. The van der Waals surface area contributed by atoms with Gasteiger partial charge in [0.2, 0.25) is 0 Å². The molecule has 19 atom stereocenters. The van der Waals surface area contributed by atoms with Gasteiger partial charge in [-0.25, -0.2) is 0 Å². The summed E-state index contributed by atoms with van der Waals surface area (Å²) < 4.78 is 38.8. The van der Waals surface area contributed by atoms with Gasteiger partial charge in [-0.2, -0.15) is 0 Å². The summed E-state index contributed by atoms with van der Waals surface area (Å²) in [6.07, 6.45) is -20.3. The highest BCUT2D eigenvalue weighted by molar-refractivity contribution is 5.70. The van der Waals surface area contributed by atoms with E-state index in [-0.39, 0.29) is 24.7 Å². The van der Waals surface area contributed by atoms with E-state index in [2.05, 4.69) is 0 Å². The van der Waals surface area contributed by atoms with Crippen molar-refractivity contribution in [2.24, 2.45) is 11.8 Å². The average Bonchev–Trinajstić information content (AvgIpc) is 3.42. The van der Waals surface area contributed by atoms with Crippen LogP contribution in [0.1, 0.15) is 87.0 Å². The zero-order chi connectivity index (χ0) is 42.4. The molecule has 0 aromatic carbocycles. The number of hydrogen-bond acceptors (Lipinski definition) is 19. The molecule has 0 aliphatic carbocycles. The van der Waals surface area contributed by atoms with E-state index < -0.39 is 149 Å². The van der Waals surface area contributed by atoms with E-state index in [4.69, 9.17) is 33.2 Å². The molecular formula is C37H68O19. The van der Waals surface area contributed by atoms with E-state index in [1.54, 1.807) is 20.8 Å². The van der Waals surface area contributed by atoms with Gasteiger partial charge in [-0.1, -0.05) is 40.5 Å². The van der Waals surface area contributed by atoms with Gasteiger partial charge in [0.05, 0.1) is 62.7 Å². The topological polar surface area (TPSA) is 301 Å². The fourth-order valence-corrected chi connectivity index (χ4v) is 6.24. The lowest BCUT2D eigenvalue weighted by atomic mass is 9.94. The van der Waals surface area contributed by atoms with Crippen molar-refractivity contribution in [2.45, 2.75) is 191 Å². The van der Waals surface area contributed by atoms with Crippen LogP contribution in [0.4, 0.5) is 0 Å². The van der Waals surface area contributed by atoms with Crippen molar-refractivity contribution in [3.8, 4) is 0 Å². The minimum Gasteiger partial charge on any atom is -0.463 e. The normalized spacial score (nSPS) is 32.3. The maximum atomic E-state index is 12.9. The van der Waals surface area contributed by atoms with Crippen LogP contribution in [-0.2, 0) is 42.7 Å². The van der Waals surface area contributed by atoms with Gasteiger partial charge in [-0.3, -0.25) is 9.59 Å². The Morgan fingerprint density at radius 3 is 1.73 bits per heavy atom. The van der Waals surface area contributed by atoms with Crippen LogP contribution in [0.25, 0.3) is 0 Å². The standard InChI is InChI=1S/C37H68O19/c1-8-17(3)25(53-30(45)13-23(42)11-26(18(4)9-2)54-37-33(48)31(46)28(15-39)56-37)10-22(41)12-29(44)50-16-24(43)27(14-38)55-36-34(49)32(47)35(21(7)52-36)51-20(6)19(5)40/h17-28,31-43,46-49H,8-16H2,1-7H3/t17-,18-,19+,20+,21-,22-,23-,24-,25-,26-,27-,28-,31-,32-,33+,34+,35-,36-,37+/m0/s1. The molecule has 2 aliphatic rings. The lowest BCUT2D eigenvalue weighted by Gasteiger charge is -2.43. The number of carbonyl (C=O) groups excluding carboxylic acids is 2. The molecule has 0 radical (unpaired) electrons. The predicted octanol–water partition coefficient (Wildman–Crippen LogP) is -2.00. The van der Waals surface area contributed by atoms with Crippen LogP contribution < -0.4 is 0 Å². The second-order valence-electron chi connectivity index (χ2n) is 15.2. The summed E-state index contributed by atoms with van der Waals surface area (Å²) in [5, 5.41) is 103. The first-order valence-corrected chi connectivity index (χ1v) is 19.6. The highest BCUT2D eigenvalue weighted by Gasteiger charge is 2.47.